The molecule has 2 unspecified atom stereocenters. The first-order valence-corrected chi connectivity index (χ1v) is 29.0. The van der Waals surface area contributed by atoms with E-state index >= 15 is 0 Å². The molecule has 4 heteroatoms. The third-order valence-electron chi connectivity index (χ3n) is 12.8. The molecule has 0 aliphatic heterocycles. The number of aliphatic hydroxyl groups excluding tert-OH is 2. The number of aliphatic hydroxyl groups is 2. The van der Waals surface area contributed by atoms with E-state index in [2.05, 4.69) is 104 Å². The molecule has 0 radical (unpaired) electrons. The summed E-state index contributed by atoms with van der Waals surface area (Å²) in [6.07, 6.45) is 85.7. The van der Waals surface area contributed by atoms with Gasteiger partial charge >= 0.3 is 0 Å². The van der Waals surface area contributed by atoms with Crippen molar-refractivity contribution in [2.24, 2.45) is 0 Å². The van der Waals surface area contributed by atoms with Gasteiger partial charge in [-0.2, -0.15) is 0 Å². The van der Waals surface area contributed by atoms with Crippen LogP contribution in [0.15, 0.2) is 97.2 Å². The van der Waals surface area contributed by atoms with Crippen LogP contribution in [0, 0.1) is 0 Å². The summed E-state index contributed by atoms with van der Waals surface area (Å²) in [5, 5.41) is 23.2. The van der Waals surface area contributed by atoms with E-state index in [0.29, 0.717) is 6.42 Å². The highest BCUT2D eigenvalue weighted by molar-refractivity contribution is 5.76. The molecule has 0 aromatic rings. The van der Waals surface area contributed by atoms with Crippen LogP contribution < -0.4 is 5.32 Å². The van der Waals surface area contributed by atoms with Gasteiger partial charge in [-0.15, -0.1) is 0 Å². The lowest BCUT2D eigenvalue weighted by Crippen LogP contribution is -2.45. The predicted octanol–water partition coefficient (Wildman–Crippen LogP) is 19.3. The molecule has 0 fully saturated rings. The molecule has 0 bridgehead atoms. The number of carbonyl (C=O) groups excluding carboxylic acids is 1. The Kier molecular flexibility index (Phi) is 55.3. The standard InChI is InChI=1S/C63H111NO3/c1-3-5-7-9-11-13-15-17-19-21-23-25-27-29-30-31-32-33-34-35-37-39-41-43-45-47-49-51-53-55-57-59-63(67)64-61(60-65)62(66)58-56-54-52-50-48-46-44-42-40-38-36-28-26-24-22-20-18-16-14-12-10-8-6-4-2/h5,7,11,13,17,19,23,25,29-30,32-33,48,50,56,58,61-62,65-66H,3-4,6,8-10,12,14-16,18,20-22,24,26-28,31,34-47,49,51-55,57,59-60H2,1-2H3,(H,64,67)/b7-5-,13-11-,19-17-,25-23-,30-29-,33-32-,50-48+,58-56+. The number of rotatable bonds is 52. The number of nitrogens with one attached hydrogen (secondary N) is 1. The molecule has 67 heavy (non-hydrogen) atoms. The smallest absolute Gasteiger partial charge is 0.220 e. The van der Waals surface area contributed by atoms with Gasteiger partial charge in [0.2, 0.25) is 5.91 Å². The van der Waals surface area contributed by atoms with Gasteiger partial charge in [-0.1, -0.05) is 284 Å². The molecule has 0 saturated carbocycles. The van der Waals surface area contributed by atoms with Gasteiger partial charge in [0.05, 0.1) is 18.8 Å². The van der Waals surface area contributed by atoms with E-state index in [1.807, 2.05) is 6.08 Å². The summed E-state index contributed by atoms with van der Waals surface area (Å²) in [5.74, 6) is -0.0774. The number of hydrogen-bond donors (Lipinski definition) is 3. The number of hydrogen-bond acceptors (Lipinski definition) is 3. The van der Waals surface area contributed by atoms with Gasteiger partial charge in [0.1, 0.15) is 0 Å². The molecule has 4 nitrogen and oxygen atoms in total. The van der Waals surface area contributed by atoms with Crippen molar-refractivity contribution in [1.82, 2.24) is 5.32 Å². The van der Waals surface area contributed by atoms with Gasteiger partial charge in [-0.3, -0.25) is 4.79 Å². The van der Waals surface area contributed by atoms with Crippen LogP contribution in [0.5, 0.6) is 0 Å². The van der Waals surface area contributed by atoms with E-state index in [-0.39, 0.29) is 12.5 Å². The maximum atomic E-state index is 12.5. The molecular formula is C63H111NO3. The Morgan fingerprint density at radius 3 is 1.04 bits per heavy atom. The molecule has 0 aliphatic rings. The number of allylic oxidation sites excluding steroid dienone is 15. The summed E-state index contributed by atoms with van der Waals surface area (Å²) in [4.78, 5) is 12.5. The summed E-state index contributed by atoms with van der Waals surface area (Å²) in [6.45, 7) is 4.20. The Bertz CT molecular complexity index is 1240. The van der Waals surface area contributed by atoms with Crippen LogP contribution in [0.2, 0.25) is 0 Å². The number of unbranched alkanes of at least 4 members (excludes halogenated alkanes) is 31. The van der Waals surface area contributed by atoms with Crippen LogP contribution >= 0.6 is 0 Å². The monoisotopic (exact) mass is 930 g/mol. The van der Waals surface area contributed by atoms with Crippen molar-refractivity contribution in [1.29, 1.82) is 0 Å². The third kappa shape index (κ3) is 54.1. The molecule has 0 saturated heterocycles. The van der Waals surface area contributed by atoms with Crippen molar-refractivity contribution >= 4 is 5.91 Å². The van der Waals surface area contributed by atoms with Crippen molar-refractivity contribution in [2.45, 2.75) is 289 Å². The normalized spacial score (nSPS) is 13.6. The summed E-state index contributed by atoms with van der Waals surface area (Å²) in [7, 11) is 0. The number of carbonyl (C=O) groups is 1. The van der Waals surface area contributed by atoms with E-state index in [0.717, 1.165) is 70.6 Å². The van der Waals surface area contributed by atoms with Crippen LogP contribution in [0.4, 0.5) is 0 Å². The van der Waals surface area contributed by atoms with E-state index in [4.69, 9.17) is 0 Å². The van der Waals surface area contributed by atoms with Crippen molar-refractivity contribution in [3.8, 4) is 0 Å². The first-order valence-electron chi connectivity index (χ1n) is 29.0. The molecule has 386 valence electrons. The average Bonchev–Trinajstić information content (AvgIpc) is 3.33. The fraction of sp³-hybridized carbons (Fsp3) is 0.730. The van der Waals surface area contributed by atoms with E-state index in [1.54, 1.807) is 6.08 Å². The van der Waals surface area contributed by atoms with Crippen LogP contribution in [-0.4, -0.2) is 34.9 Å². The largest absolute Gasteiger partial charge is 0.394 e. The molecule has 0 aliphatic carbocycles. The van der Waals surface area contributed by atoms with Crippen molar-refractivity contribution in [3.63, 3.8) is 0 Å². The van der Waals surface area contributed by atoms with Gasteiger partial charge in [0.15, 0.2) is 0 Å². The van der Waals surface area contributed by atoms with Crippen LogP contribution in [0.3, 0.4) is 0 Å². The lowest BCUT2D eigenvalue weighted by atomic mass is 10.0. The lowest BCUT2D eigenvalue weighted by molar-refractivity contribution is -0.123. The van der Waals surface area contributed by atoms with E-state index in [9.17, 15) is 15.0 Å². The van der Waals surface area contributed by atoms with Crippen molar-refractivity contribution in [2.75, 3.05) is 6.61 Å². The summed E-state index contributed by atoms with van der Waals surface area (Å²) in [5.41, 5.74) is 0. The minimum atomic E-state index is -0.869. The highest BCUT2D eigenvalue weighted by Crippen LogP contribution is 2.16. The summed E-state index contributed by atoms with van der Waals surface area (Å²) in [6, 6.07) is -0.647. The number of amides is 1. The summed E-state index contributed by atoms with van der Waals surface area (Å²) < 4.78 is 0. The van der Waals surface area contributed by atoms with Crippen molar-refractivity contribution in [3.05, 3.63) is 97.2 Å². The van der Waals surface area contributed by atoms with Gasteiger partial charge < -0.3 is 15.5 Å². The zero-order valence-electron chi connectivity index (χ0n) is 44.4. The first kappa shape index (κ1) is 64.3. The zero-order valence-corrected chi connectivity index (χ0v) is 44.4. The minimum Gasteiger partial charge on any atom is -0.394 e. The second kappa shape index (κ2) is 57.6. The van der Waals surface area contributed by atoms with Crippen LogP contribution in [0.1, 0.15) is 277 Å². The van der Waals surface area contributed by atoms with Crippen LogP contribution in [0.25, 0.3) is 0 Å². The Morgan fingerprint density at radius 2 is 0.672 bits per heavy atom. The molecule has 0 rings (SSSR count). The molecule has 1 amide bonds. The Labute approximate surface area is 417 Å². The first-order chi connectivity index (χ1) is 33.2. The van der Waals surface area contributed by atoms with Gasteiger partial charge in [0.25, 0.3) is 0 Å². The Balaban J connectivity index is 3.57. The summed E-state index contributed by atoms with van der Waals surface area (Å²) >= 11 is 0. The fourth-order valence-electron chi connectivity index (χ4n) is 8.43. The highest BCUT2D eigenvalue weighted by atomic mass is 16.3. The fourth-order valence-corrected chi connectivity index (χ4v) is 8.43. The zero-order chi connectivity index (χ0) is 48.5. The highest BCUT2D eigenvalue weighted by Gasteiger charge is 2.18. The molecule has 2 atom stereocenters. The molecule has 0 heterocycles. The topological polar surface area (TPSA) is 69.6 Å². The minimum absolute atomic E-state index is 0.0774. The molecule has 3 N–H and O–H groups in total. The molecular weight excluding hydrogens is 819 g/mol. The predicted molar refractivity (Wildman–Crippen MR) is 299 cm³/mol. The third-order valence-corrected chi connectivity index (χ3v) is 12.8. The Hall–Kier alpha value is -2.69. The SMILES string of the molecule is CC/C=C\C/C=C\C/C=C\C/C=C\C/C=C\C/C=C\CCCCCCCCCCCCCCC(=O)NC(CO)C(O)/C=C/CC/C=C/CCCCCCCCCCCCCCCCCCCC. The quantitative estimate of drug-likeness (QED) is 0.0420. The Morgan fingerprint density at radius 1 is 0.373 bits per heavy atom. The second-order valence-electron chi connectivity index (χ2n) is 19.3. The lowest BCUT2D eigenvalue weighted by Gasteiger charge is -2.19. The average molecular weight is 931 g/mol. The van der Waals surface area contributed by atoms with E-state index in [1.165, 1.54) is 186 Å². The van der Waals surface area contributed by atoms with Crippen molar-refractivity contribution < 1.29 is 15.0 Å². The second-order valence-corrected chi connectivity index (χ2v) is 19.3. The maximum Gasteiger partial charge on any atom is 0.220 e. The molecule has 0 aromatic carbocycles. The van der Waals surface area contributed by atoms with Gasteiger partial charge in [0, 0.05) is 6.42 Å². The van der Waals surface area contributed by atoms with Crippen LogP contribution in [-0.2, 0) is 4.79 Å². The van der Waals surface area contributed by atoms with Gasteiger partial charge in [-0.25, -0.2) is 0 Å². The molecule has 0 aromatic heterocycles. The van der Waals surface area contributed by atoms with E-state index < -0.39 is 12.1 Å². The molecule has 0 spiro atoms. The van der Waals surface area contributed by atoms with Gasteiger partial charge in [-0.05, 0) is 83.5 Å². The maximum absolute atomic E-state index is 12.5.